The Bertz CT molecular complexity index is 3720. The zero-order valence-electron chi connectivity index (χ0n) is 34.0. The van der Waals surface area contributed by atoms with E-state index in [1.165, 1.54) is 55.3 Å². The molecule has 294 valence electrons. The van der Waals surface area contributed by atoms with E-state index >= 15 is 0 Å². The molecule has 63 heavy (non-hydrogen) atoms. The Labute approximate surface area is 362 Å². The second kappa shape index (κ2) is 12.9. The van der Waals surface area contributed by atoms with Crippen LogP contribution >= 0.6 is 0 Å². The Hall–Kier alpha value is -8.28. The molecule has 1 atom stereocenters. The summed E-state index contributed by atoms with van der Waals surface area (Å²) in [6.45, 7) is 0. The maximum Gasteiger partial charge on any atom is 0.159 e. The summed E-state index contributed by atoms with van der Waals surface area (Å²) in [7, 11) is 0. The summed E-state index contributed by atoms with van der Waals surface area (Å²) < 4.78 is 9.10. The second-order valence-corrected chi connectivity index (χ2v) is 16.9. The van der Waals surface area contributed by atoms with Gasteiger partial charge in [0, 0.05) is 44.4 Å². The standard InChI is InChI=1S/C58H36N4O/c1-3-16-35(17-4-1)55-59-56(36-30-31-41-40-22-9-13-27-48(40)58(49(41)32-36)46-25-11-7-20-38(46)39-21-8-12-26-47(39)58)61-57(60-55)43-24-15-29-52-54(43)45-33-44-42-23-10-14-28-50(42)62(37-18-5-2-6-19-37)51(44)34-53(45)63-52/h1-34,56H,(H,59,60,61). The lowest BCUT2D eigenvalue weighted by atomic mass is 9.70. The lowest BCUT2D eigenvalue weighted by molar-refractivity contribution is 0.667. The van der Waals surface area contributed by atoms with Gasteiger partial charge < -0.3 is 14.3 Å². The van der Waals surface area contributed by atoms with Crippen LogP contribution in [0.15, 0.2) is 221 Å². The molecule has 1 unspecified atom stereocenters. The predicted octanol–water partition coefficient (Wildman–Crippen LogP) is 13.5. The van der Waals surface area contributed by atoms with E-state index in [9.17, 15) is 0 Å². The van der Waals surface area contributed by atoms with Crippen molar-refractivity contribution in [1.82, 2.24) is 9.88 Å². The molecule has 5 nitrogen and oxygen atoms in total. The molecule has 0 amide bonds. The molecule has 1 spiro atoms. The van der Waals surface area contributed by atoms with E-state index in [2.05, 4.69) is 210 Å². The summed E-state index contributed by atoms with van der Waals surface area (Å²) in [6, 6.07) is 74.2. The van der Waals surface area contributed by atoms with Gasteiger partial charge in [0.05, 0.1) is 16.4 Å². The summed E-state index contributed by atoms with van der Waals surface area (Å²) >= 11 is 0. The first-order valence-electron chi connectivity index (χ1n) is 21.6. The maximum atomic E-state index is 6.77. The van der Waals surface area contributed by atoms with Crippen LogP contribution in [-0.2, 0) is 5.41 Å². The van der Waals surface area contributed by atoms with Gasteiger partial charge in [-0.05, 0) is 86.5 Å². The predicted molar refractivity (Wildman–Crippen MR) is 256 cm³/mol. The summed E-state index contributed by atoms with van der Waals surface area (Å²) in [5.74, 6) is 1.44. The van der Waals surface area contributed by atoms with Gasteiger partial charge in [-0.15, -0.1) is 0 Å². The quantitative estimate of drug-likeness (QED) is 0.193. The molecule has 0 saturated heterocycles. The third-order valence-corrected chi connectivity index (χ3v) is 13.7. The minimum Gasteiger partial charge on any atom is -0.456 e. The van der Waals surface area contributed by atoms with Crippen molar-refractivity contribution in [2.24, 2.45) is 9.98 Å². The van der Waals surface area contributed by atoms with Crippen LogP contribution in [0.3, 0.4) is 0 Å². The average Bonchev–Trinajstić information content (AvgIpc) is 4.07. The minimum atomic E-state index is -0.455. The number of nitrogens with zero attached hydrogens (tertiary/aromatic N) is 3. The molecule has 2 aliphatic carbocycles. The van der Waals surface area contributed by atoms with Crippen LogP contribution in [0.5, 0.6) is 0 Å². The zero-order valence-corrected chi connectivity index (χ0v) is 34.0. The number of hydrogen-bond donors (Lipinski definition) is 1. The van der Waals surface area contributed by atoms with E-state index in [1.807, 2.05) is 6.07 Å². The van der Waals surface area contributed by atoms with Crippen molar-refractivity contribution in [3.8, 4) is 27.9 Å². The van der Waals surface area contributed by atoms with Crippen molar-refractivity contribution in [3.05, 3.63) is 245 Å². The average molecular weight is 805 g/mol. The minimum absolute atomic E-state index is 0.422. The molecule has 3 aliphatic rings. The molecule has 0 bridgehead atoms. The SMILES string of the molecule is c1ccc(C2=NC(c3ccc4c(c3)C3(c5ccccc5-c5ccccc53)c3ccccc3-4)NC(c3cccc4oc5cc6c(cc5c34)c3ccccc3n6-c3ccccc3)=N2)cc1. The topological polar surface area (TPSA) is 54.8 Å². The molecule has 11 aromatic rings. The number of hydrogen-bond acceptors (Lipinski definition) is 4. The Morgan fingerprint density at radius 1 is 0.460 bits per heavy atom. The molecular formula is C58H36N4O. The smallest absolute Gasteiger partial charge is 0.159 e. The van der Waals surface area contributed by atoms with Gasteiger partial charge in [0.1, 0.15) is 23.2 Å². The van der Waals surface area contributed by atoms with Crippen LogP contribution in [0.4, 0.5) is 0 Å². The fourth-order valence-electron chi connectivity index (χ4n) is 11.1. The number of nitrogens with one attached hydrogen (secondary N) is 1. The van der Waals surface area contributed by atoms with Crippen molar-refractivity contribution in [3.63, 3.8) is 0 Å². The molecule has 0 fully saturated rings. The first-order chi connectivity index (χ1) is 31.2. The molecule has 2 aromatic heterocycles. The van der Waals surface area contributed by atoms with Crippen LogP contribution in [-0.4, -0.2) is 16.2 Å². The van der Waals surface area contributed by atoms with Gasteiger partial charge in [0.25, 0.3) is 0 Å². The maximum absolute atomic E-state index is 6.77. The highest BCUT2D eigenvalue weighted by Gasteiger charge is 2.51. The van der Waals surface area contributed by atoms with Gasteiger partial charge >= 0.3 is 0 Å². The van der Waals surface area contributed by atoms with E-state index in [1.54, 1.807) is 0 Å². The van der Waals surface area contributed by atoms with Crippen LogP contribution < -0.4 is 5.32 Å². The first kappa shape index (κ1) is 34.4. The van der Waals surface area contributed by atoms with Gasteiger partial charge in [-0.1, -0.05) is 164 Å². The molecule has 9 aromatic carbocycles. The third kappa shape index (κ3) is 4.71. The highest BCUT2D eigenvalue weighted by Crippen LogP contribution is 2.63. The molecular weight excluding hydrogens is 769 g/mol. The fourth-order valence-corrected chi connectivity index (χ4v) is 11.1. The van der Waals surface area contributed by atoms with Gasteiger partial charge in [-0.25, -0.2) is 9.98 Å². The van der Waals surface area contributed by atoms with E-state index < -0.39 is 11.6 Å². The number of para-hydroxylation sites is 2. The molecule has 1 N–H and O–H groups in total. The molecule has 5 heteroatoms. The fraction of sp³-hybridized carbons (Fsp3) is 0.0345. The lowest BCUT2D eigenvalue weighted by Gasteiger charge is -2.31. The van der Waals surface area contributed by atoms with Gasteiger partial charge in [-0.3, -0.25) is 0 Å². The first-order valence-corrected chi connectivity index (χ1v) is 21.6. The van der Waals surface area contributed by atoms with Crippen molar-refractivity contribution < 1.29 is 4.42 Å². The van der Waals surface area contributed by atoms with Gasteiger partial charge in [0.2, 0.25) is 0 Å². The Morgan fingerprint density at radius 3 is 1.81 bits per heavy atom. The highest BCUT2D eigenvalue weighted by molar-refractivity contribution is 6.24. The summed E-state index contributed by atoms with van der Waals surface area (Å²) in [4.78, 5) is 10.7. The Kier molecular flexibility index (Phi) is 7.03. The van der Waals surface area contributed by atoms with E-state index in [4.69, 9.17) is 14.4 Å². The number of aromatic nitrogens is 1. The van der Waals surface area contributed by atoms with E-state index in [0.29, 0.717) is 5.84 Å². The van der Waals surface area contributed by atoms with Gasteiger partial charge in [-0.2, -0.15) is 0 Å². The molecule has 1 aliphatic heterocycles. The highest BCUT2D eigenvalue weighted by atomic mass is 16.3. The molecule has 0 saturated carbocycles. The van der Waals surface area contributed by atoms with Crippen molar-refractivity contribution in [2.45, 2.75) is 11.6 Å². The van der Waals surface area contributed by atoms with Crippen LogP contribution in [0.25, 0.3) is 71.7 Å². The molecule has 3 heterocycles. The lowest BCUT2D eigenvalue weighted by Crippen LogP contribution is -2.34. The van der Waals surface area contributed by atoms with Crippen molar-refractivity contribution >= 4 is 55.4 Å². The number of amidine groups is 2. The van der Waals surface area contributed by atoms with Crippen molar-refractivity contribution in [2.75, 3.05) is 0 Å². The largest absolute Gasteiger partial charge is 0.456 e. The monoisotopic (exact) mass is 804 g/mol. The van der Waals surface area contributed by atoms with E-state index in [-0.39, 0.29) is 0 Å². The third-order valence-electron chi connectivity index (χ3n) is 13.7. The summed E-state index contributed by atoms with van der Waals surface area (Å²) in [6.07, 6.45) is -0.422. The molecule has 0 radical (unpaired) electrons. The van der Waals surface area contributed by atoms with Crippen molar-refractivity contribution in [1.29, 1.82) is 0 Å². The summed E-state index contributed by atoms with van der Waals surface area (Å²) in [5, 5.41) is 8.31. The Balaban J connectivity index is 0.963. The zero-order chi connectivity index (χ0) is 41.2. The number of aliphatic imine (C=N–C) groups is 2. The van der Waals surface area contributed by atoms with Crippen LogP contribution in [0.2, 0.25) is 0 Å². The van der Waals surface area contributed by atoms with Gasteiger partial charge in [0.15, 0.2) is 5.84 Å². The second-order valence-electron chi connectivity index (χ2n) is 16.9. The number of rotatable bonds is 4. The van der Waals surface area contributed by atoms with E-state index in [0.717, 1.165) is 61.2 Å². The van der Waals surface area contributed by atoms with Crippen LogP contribution in [0, 0.1) is 0 Å². The normalized spacial score (nSPS) is 15.6. The molecule has 14 rings (SSSR count). The number of furan rings is 1. The summed E-state index contributed by atoms with van der Waals surface area (Å²) in [5.41, 5.74) is 17.9. The van der Waals surface area contributed by atoms with Crippen LogP contribution in [0.1, 0.15) is 45.1 Å². The number of fused-ring (bicyclic) bond motifs is 16. The Morgan fingerprint density at radius 2 is 1.08 bits per heavy atom. The number of benzene rings is 9.